The molecule has 2 aromatic heterocycles. The van der Waals surface area contributed by atoms with E-state index in [0.717, 1.165) is 33.4 Å². The molecular weight excluding hydrogens is 404 g/mol. The lowest BCUT2D eigenvalue weighted by Crippen LogP contribution is -2.27. The Balaban J connectivity index is 1.40. The summed E-state index contributed by atoms with van der Waals surface area (Å²) in [6, 6.07) is 24.8. The number of benzene rings is 3. The Labute approximate surface area is 184 Å². The minimum atomic E-state index is 0.575. The van der Waals surface area contributed by atoms with Crippen molar-refractivity contribution in [3.05, 3.63) is 78.4 Å². The predicted molar refractivity (Wildman–Crippen MR) is 122 cm³/mol. The third kappa shape index (κ3) is 4.08. The number of nitrogens with one attached hydrogen (secondary N) is 1. The lowest BCUT2D eigenvalue weighted by Gasteiger charge is -2.20. The number of methoxy groups -OCH3 is 1. The van der Waals surface area contributed by atoms with Crippen molar-refractivity contribution >= 4 is 17.1 Å². The second kappa shape index (κ2) is 8.99. The molecule has 32 heavy (non-hydrogen) atoms. The number of rotatable bonds is 8. The van der Waals surface area contributed by atoms with Gasteiger partial charge in [0.2, 0.25) is 5.82 Å². The Kier molecular flexibility index (Phi) is 5.59. The fourth-order valence-electron chi connectivity index (χ4n) is 3.65. The molecule has 8 heteroatoms. The van der Waals surface area contributed by atoms with Crippen LogP contribution in [0.1, 0.15) is 5.56 Å². The minimum absolute atomic E-state index is 0.575. The van der Waals surface area contributed by atoms with Crippen molar-refractivity contribution in [2.75, 3.05) is 25.2 Å². The zero-order valence-electron chi connectivity index (χ0n) is 17.6. The van der Waals surface area contributed by atoms with Crippen LogP contribution in [0, 0.1) is 0 Å². The van der Waals surface area contributed by atoms with E-state index in [9.17, 15) is 0 Å². The van der Waals surface area contributed by atoms with Crippen LogP contribution in [-0.2, 0) is 11.3 Å². The Morgan fingerprint density at radius 2 is 1.72 bits per heavy atom. The molecule has 0 bridgehead atoms. The summed E-state index contributed by atoms with van der Waals surface area (Å²) < 4.78 is 11.3. The van der Waals surface area contributed by atoms with Gasteiger partial charge in [0.15, 0.2) is 5.58 Å². The smallest absolute Gasteiger partial charge is 0.298 e. The summed E-state index contributed by atoms with van der Waals surface area (Å²) in [5, 5.41) is 14.5. The summed E-state index contributed by atoms with van der Waals surface area (Å²) in [4.78, 5) is 6.74. The summed E-state index contributed by atoms with van der Waals surface area (Å²) in [6.07, 6.45) is 0. The summed E-state index contributed by atoms with van der Waals surface area (Å²) in [7, 11) is 1.69. The third-order valence-electron chi connectivity index (χ3n) is 5.27. The molecule has 5 rings (SSSR count). The highest BCUT2D eigenvalue weighted by atomic mass is 16.5. The van der Waals surface area contributed by atoms with Crippen molar-refractivity contribution < 1.29 is 9.15 Å². The van der Waals surface area contributed by atoms with Crippen molar-refractivity contribution in [1.82, 2.24) is 25.6 Å². The SMILES string of the molecule is COCCN(Cc1ccc(-c2ccccc2-c2nn[nH]n2)cc1)c1nc2ccccc2o1. The predicted octanol–water partition coefficient (Wildman–Crippen LogP) is 4.33. The van der Waals surface area contributed by atoms with E-state index in [0.29, 0.717) is 31.5 Å². The van der Waals surface area contributed by atoms with Gasteiger partial charge in [0, 0.05) is 25.8 Å². The molecule has 0 spiro atoms. The van der Waals surface area contributed by atoms with Gasteiger partial charge in [0.05, 0.1) is 6.61 Å². The van der Waals surface area contributed by atoms with Gasteiger partial charge < -0.3 is 14.1 Å². The molecule has 0 unspecified atom stereocenters. The molecule has 0 saturated heterocycles. The van der Waals surface area contributed by atoms with Gasteiger partial charge in [-0.25, -0.2) is 0 Å². The molecule has 0 atom stereocenters. The number of nitrogens with zero attached hydrogens (tertiary/aromatic N) is 5. The minimum Gasteiger partial charge on any atom is -0.423 e. The molecule has 0 aliphatic carbocycles. The maximum Gasteiger partial charge on any atom is 0.298 e. The number of oxazole rings is 1. The average Bonchev–Trinajstić information content (AvgIpc) is 3.52. The molecule has 1 N–H and O–H groups in total. The molecule has 2 heterocycles. The summed E-state index contributed by atoms with van der Waals surface area (Å²) in [5.74, 6) is 0.575. The van der Waals surface area contributed by atoms with Crippen molar-refractivity contribution in [2.45, 2.75) is 6.54 Å². The van der Waals surface area contributed by atoms with Crippen LogP contribution in [-0.4, -0.2) is 45.9 Å². The summed E-state index contributed by atoms with van der Waals surface area (Å²) in [5.41, 5.74) is 5.83. The molecular formula is C24H22N6O2. The van der Waals surface area contributed by atoms with E-state index >= 15 is 0 Å². The number of fused-ring (bicyclic) bond motifs is 1. The van der Waals surface area contributed by atoms with E-state index < -0.39 is 0 Å². The molecule has 0 aliphatic heterocycles. The Morgan fingerprint density at radius 3 is 2.47 bits per heavy atom. The Morgan fingerprint density at radius 1 is 0.938 bits per heavy atom. The molecule has 0 radical (unpaired) electrons. The molecule has 0 aliphatic rings. The van der Waals surface area contributed by atoms with Gasteiger partial charge in [0.25, 0.3) is 6.01 Å². The Bertz CT molecular complexity index is 1260. The van der Waals surface area contributed by atoms with E-state index in [4.69, 9.17) is 9.15 Å². The fraction of sp³-hybridized carbons (Fsp3) is 0.167. The fourth-order valence-corrected chi connectivity index (χ4v) is 3.65. The number of aromatic amines is 1. The molecule has 160 valence electrons. The number of hydrogen-bond donors (Lipinski definition) is 1. The van der Waals surface area contributed by atoms with Crippen molar-refractivity contribution in [3.63, 3.8) is 0 Å². The van der Waals surface area contributed by atoms with Crippen molar-refractivity contribution in [2.24, 2.45) is 0 Å². The molecule has 8 nitrogen and oxygen atoms in total. The molecule has 0 saturated carbocycles. The maximum atomic E-state index is 5.99. The van der Waals surface area contributed by atoms with Gasteiger partial charge >= 0.3 is 0 Å². The normalized spacial score (nSPS) is 11.2. The van der Waals surface area contributed by atoms with Gasteiger partial charge in [-0.05, 0) is 34.0 Å². The first-order chi connectivity index (χ1) is 15.8. The van der Waals surface area contributed by atoms with Crippen LogP contribution in [0.2, 0.25) is 0 Å². The molecule has 3 aromatic carbocycles. The monoisotopic (exact) mass is 426 g/mol. The third-order valence-corrected chi connectivity index (χ3v) is 5.27. The highest BCUT2D eigenvalue weighted by molar-refractivity contribution is 5.80. The summed E-state index contributed by atoms with van der Waals surface area (Å²) >= 11 is 0. The van der Waals surface area contributed by atoms with Gasteiger partial charge in [0.1, 0.15) is 5.52 Å². The van der Waals surface area contributed by atoms with Gasteiger partial charge in [-0.15, -0.1) is 10.2 Å². The second-order valence-electron chi connectivity index (χ2n) is 7.36. The zero-order chi connectivity index (χ0) is 21.8. The lowest BCUT2D eigenvalue weighted by molar-refractivity contribution is 0.203. The number of para-hydroxylation sites is 2. The molecule has 0 amide bonds. The summed E-state index contributed by atoms with van der Waals surface area (Å²) in [6.45, 7) is 1.91. The van der Waals surface area contributed by atoms with Crippen LogP contribution in [0.25, 0.3) is 33.6 Å². The van der Waals surface area contributed by atoms with Gasteiger partial charge in [-0.2, -0.15) is 10.2 Å². The van der Waals surface area contributed by atoms with Crippen LogP contribution in [0.3, 0.4) is 0 Å². The Hall–Kier alpha value is -4.04. The van der Waals surface area contributed by atoms with Crippen LogP contribution in [0.15, 0.2) is 77.2 Å². The number of ether oxygens (including phenoxy) is 1. The number of H-pyrrole nitrogens is 1. The number of tetrazole rings is 1. The average molecular weight is 426 g/mol. The van der Waals surface area contributed by atoms with Crippen molar-refractivity contribution in [3.8, 4) is 22.5 Å². The number of aromatic nitrogens is 5. The van der Waals surface area contributed by atoms with E-state index in [2.05, 4.69) is 60.8 Å². The standard InChI is InChI=1S/C24H22N6O2/c1-31-15-14-30(24-25-21-8-4-5-9-22(21)32-24)16-17-10-12-18(13-11-17)19-6-2-3-7-20(19)23-26-28-29-27-23/h2-13H,14-16H2,1H3,(H,26,27,28,29). The highest BCUT2D eigenvalue weighted by Gasteiger charge is 2.15. The van der Waals surface area contributed by atoms with Crippen LogP contribution < -0.4 is 4.90 Å². The maximum absolute atomic E-state index is 5.99. The van der Waals surface area contributed by atoms with Gasteiger partial charge in [-0.1, -0.05) is 60.7 Å². The van der Waals surface area contributed by atoms with Crippen LogP contribution in [0.4, 0.5) is 6.01 Å². The first kappa shape index (κ1) is 19.9. The van der Waals surface area contributed by atoms with E-state index in [1.807, 2.05) is 42.5 Å². The van der Waals surface area contributed by atoms with E-state index in [1.165, 1.54) is 0 Å². The number of hydrogen-bond acceptors (Lipinski definition) is 7. The highest BCUT2D eigenvalue weighted by Crippen LogP contribution is 2.30. The van der Waals surface area contributed by atoms with E-state index in [1.54, 1.807) is 7.11 Å². The number of anilines is 1. The molecule has 5 aromatic rings. The van der Waals surface area contributed by atoms with Crippen molar-refractivity contribution in [1.29, 1.82) is 0 Å². The topological polar surface area (TPSA) is 93.0 Å². The van der Waals surface area contributed by atoms with Gasteiger partial charge in [-0.3, -0.25) is 0 Å². The second-order valence-corrected chi connectivity index (χ2v) is 7.36. The van der Waals surface area contributed by atoms with Crippen LogP contribution in [0.5, 0.6) is 0 Å². The molecule has 0 fully saturated rings. The first-order valence-electron chi connectivity index (χ1n) is 10.3. The first-order valence-corrected chi connectivity index (χ1v) is 10.3. The quantitative estimate of drug-likeness (QED) is 0.395. The van der Waals surface area contributed by atoms with E-state index in [-0.39, 0.29) is 0 Å². The van der Waals surface area contributed by atoms with Crippen LogP contribution >= 0.6 is 0 Å². The lowest BCUT2D eigenvalue weighted by atomic mass is 9.98. The zero-order valence-corrected chi connectivity index (χ0v) is 17.6. The largest absolute Gasteiger partial charge is 0.423 e.